The number of rotatable bonds is 5. The lowest BCUT2D eigenvalue weighted by atomic mass is 9.93. The molecule has 1 unspecified atom stereocenters. The van der Waals surface area contributed by atoms with Crippen molar-refractivity contribution in [1.82, 2.24) is 20.6 Å². The minimum atomic E-state index is -0.635. The van der Waals surface area contributed by atoms with Gasteiger partial charge in [-0.1, -0.05) is 36.4 Å². The van der Waals surface area contributed by atoms with Crippen LogP contribution in [0.3, 0.4) is 0 Å². The number of fused-ring (bicyclic) bond motifs is 1. The first-order chi connectivity index (χ1) is 17.0. The highest BCUT2D eigenvalue weighted by Crippen LogP contribution is 2.36. The van der Waals surface area contributed by atoms with Crippen molar-refractivity contribution in [3.8, 4) is 28.0 Å². The van der Waals surface area contributed by atoms with Crippen molar-refractivity contribution in [3.63, 3.8) is 0 Å². The molecule has 2 aromatic carbocycles. The maximum atomic E-state index is 12.5. The Morgan fingerprint density at radius 2 is 1.83 bits per heavy atom. The predicted molar refractivity (Wildman–Crippen MR) is 133 cm³/mol. The zero-order valence-corrected chi connectivity index (χ0v) is 19.5. The number of benzene rings is 2. The number of amides is 2. The number of ether oxygens (including phenoxy) is 2. The molecule has 0 saturated heterocycles. The molecule has 0 aliphatic carbocycles. The van der Waals surface area contributed by atoms with Gasteiger partial charge >= 0.3 is 12.0 Å². The summed E-state index contributed by atoms with van der Waals surface area (Å²) in [6.45, 7) is 1.69. The van der Waals surface area contributed by atoms with Crippen LogP contribution < -0.4 is 15.4 Å². The lowest BCUT2D eigenvalue weighted by Crippen LogP contribution is -2.45. The van der Waals surface area contributed by atoms with Gasteiger partial charge < -0.3 is 25.1 Å². The number of nitrogens with one attached hydrogen (secondary N) is 3. The fourth-order valence-electron chi connectivity index (χ4n) is 4.47. The third-order valence-corrected chi connectivity index (χ3v) is 6.16. The second-order valence-corrected chi connectivity index (χ2v) is 8.21. The molecule has 3 N–H and O–H groups in total. The van der Waals surface area contributed by atoms with Crippen LogP contribution in [0.15, 0.2) is 78.3 Å². The molecular weight excluding hydrogens is 444 g/mol. The Morgan fingerprint density at radius 3 is 2.63 bits per heavy atom. The molecular formula is C27H24N4O4. The van der Waals surface area contributed by atoms with Crippen LogP contribution >= 0.6 is 0 Å². The van der Waals surface area contributed by atoms with Gasteiger partial charge in [0.05, 0.1) is 25.8 Å². The number of methoxy groups -OCH3 is 2. The first-order valence-corrected chi connectivity index (χ1v) is 11.1. The molecule has 1 aliphatic rings. The minimum absolute atomic E-state index is 0.363. The molecule has 3 heterocycles. The fourth-order valence-corrected chi connectivity index (χ4v) is 4.47. The van der Waals surface area contributed by atoms with E-state index in [0.29, 0.717) is 11.3 Å². The summed E-state index contributed by atoms with van der Waals surface area (Å²) in [5.41, 5.74) is 6.11. The molecule has 2 aromatic heterocycles. The van der Waals surface area contributed by atoms with Gasteiger partial charge in [-0.25, -0.2) is 14.6 Å². The topological polar surface area (TPSA) is 105 Å². The molecule has 1 aliphatic heterocycles. The number of hydrogen-bond acceptors (Lipinski definition) is 5. The van der Waals surface area contributed by atoms with Crippen molar-refractivity contribution in [2.24, 2.45) is 0 Å². The number of carbonyl (C=O) groups is 2. The van der Waals surface area contributed by atoms with Gasteiger partial charge in [0.25, 0.3) is 0 Å². The number of H-pyrrole nitrogens is 1. The van der Waals surface area contributed by atoms with Gasteiger partial charge in [0, 0.05) is 40.2 Å². The zero-order chi connectivity index (χ0) is 24.5. The largest absolute Gasteiger partial charge is 0.496 e. The molecule has 8 heteroatoms. The highest BCUT2D eigenvalue weighted by molar-refractivity contribution is 5.97. The SMILES string of the molecule is COC(=O)C1=C(C)NC(=O)NC1c1cccc(-c2cnc3[nH]cc(-c4ccccc4OC)c3c2)c1. The van der Waals surface area contributed by atoms with Gasteiger partial charge in [0.2, 0.25) is 0 Å². The number of carbonyl (C=O) groups excluding carboxylic acids is 2. The van der Waals surface area contributed by atoms with Crippen LogP contribution in [0, 0.1) is 0 Å². The Morgan fingerprint density at radius 1 is 1.00 bits per heavy atom. The van der Waals surface area contributed by atoms with Gasteiger partial charge in [-0.3, -0.25) is 0 Å². The van der Waals surface area contributed by atoms with E-state index in [4.69, 9.17) is 9.47 Å². The number of hydrogen-bond donors (Lipinski definition) is 3. The van der Waals surface area contributed by atoms with Crippen molar-refractivity contribution in [2.45, 2.75) is 13.0 Å². The lowest BCUT2D eigenvalue weighted by Gasteiger charge is -2.28. The number of allylic oxidation sites excluding steroid dienone is 1. The van der Waals surface area contributed by atoms with Crippen LogP contribution in [0.4, 0.5) is 4.79 Å². The van der Waals surface area contributed by atoms with E-state index in [9.17, 15) is 9.59 Å². The van der Waals surface area contributed by atoms with Crippen molar-refractivity contribution < 1.29 is 19.1 Å². The summed E-state index contributed by atoms with van der Waals surface area (Å²) in [5.74, 6) is 0.280. The van der Waals surface area contributed by atoms with Gasteiger partial charge in [-0.15, -0.1) is 0 Å². The molecule has 5 rings (SSSR count). The van der Waals surface area contributed by atoms with Crippen LogP contribution in [0.1, 0.15) is 18.5 Å². The number of nitrogens with zero attached hydrogens (tertiary/aromatic N) is 1. The third-order valence-electron chi connectivity index (χ3n) is 6.16. The standard InChI is InChI=1S/C27H24N4O4/c1-15-23(26(32)35-3)24(31-27(33)30-15)17-8-6-7-16(11-17)18-12-20-21(14-29-25(20)28-13-18)19-9-4-5-10-22(19)34-2/h4-14,24H,1-3H3,(H,28,29)(H2,30,31,33). The summed E-state index contributed by atoms with van der Waals surface area (Å²) in [6, 6.07) is 16.6. The van der Waals surface area contributed by atoms with Crippen molar-refractivity contribution in [3.05, 3.63) is 83.8 Å². The van der Waals surface area contributed by atoms with E-state index in [1.54, 1.807) is 20.2 Å². The number of aromatic amines is 1. The zero-order valence-electron chi connectivity index (χ0n) is 19.5. The van der Waals surface area contributed by atoms with Crippen LogP contribution in [0.25, 0.3) is 33.3 Å². The molecule has 4 aromatic rings. The normalized spacial score (nSPS) is 15.5. The fraction of sp³-hybridized carbons (Fsp3) is 0.148. The minimum Gasteiger partial charge on any atom is -0.496 e. The first-order valence-electron chi connectivity index (χ1n) is 11.1. The molecule has 2 amide bonds. The number of para-hydroxylation sites is 1. The smallest absolute Gasteiger partial charge is 0.337 e. The Labute approximate surface area is 202 Å². The average molecular weight is 469 g/mol. The molecule has 176 valence electrons. The first kappa shape index (κ1) is 22.2. The van der Waals surface area contributed by atoms with Crippen molar-refractivity contribution >= 4 is 23.0 Å². The van der Waals surface area contributed by atoms with Crippen LogP contribution in [0.5, 0.6) is 5.75 Å². The Kier molecular flexibility index (Phi) is 5.70. The Balaban J connectivity index is 1.59. The molecule has 0 saturated carbocycles. The predicted octanol–water partition coefficient (Wildman–Crippen LogP) is 4.71. The van der Waals surface area contributed by atoms with E-state index in [1.165, 1.54) is 7.11 Å². The molecule has 0 bridgehead atoms. The summed E-state index contributed by atoms with van der Waals surface area (Å²) in [7, 11) is 2.98. The molecule has 0 spiro atoms. The maximum Gasteiger partial charge on any atom is 0.337 e. The number of esters is 1. The van der Waals surface area contributed by atoms with Crippen molar-refractivity contribution in [1.29, 1.82) is 0 Å². The quantitative estimate of drug-likeness (QED) is 0.368. The Bertz CT molecular complexity index is 1490. The van der Waals surface area contributed by atoms with Crippen LogP contribution in [-0.2, 0) is 9.53 Å². The van der Waals surface area contributed by atoms with Crippen molar-refractivity contribution in [2.75, 3.05) is 14.2 Å². The van der Waals surface area contributed by atoms with Gasteiger partial charge in [0.1, 0.15) is 11.4 Å². The second-order valence-electron chi connectivity index (χ2n) is 8.21. The summed E-state index contributed by atoms with van der Waals surface area (Å²) in [6.07, 6.45) is 3.73. The molecule has 0 radical (unpaired) electrons. The Hall–Kier alpha value is -4.59. The summed E-state index contributed by atoms with van der Waals surface area (Å²) >= 11 is 0. The van der Waals surface area contributed by atoms with E-state index in [2.05, 4.69) is 26.7 Å². The maximum absolute atomic E-state index is 12.5. The van der Waals surface area contributed by atoms with E-state index < -0.39 is 12.0 Å². The van der Waals surface area contributed by atoms with E-state index >= 15 is 0 Å². The summed E-state index contributed by atoms with van der Waals surface area (Å²) < 4.78 is 10.5. The molecule has 0 fully saturated rings. The number of aromatic nitrogens is 2. The third kappa shape index (κ3) is 3.99. The average Bonchev–Trinajstić information content (AvgIpc) is 3.31. The van der Waals surface area contributed by atoms with Gasteiger partial charge in [-0.05, 0) is 36.2 Å². The van der Waals surface area contributed by atoms with E-state index in [0.717, 1.165) is 44.6 Å². The van der Waals surface area contributed by atoms with Crippen LogP contribution in [-0.4, -0.2) is 36.2 Å². The van der Waals surface area contributed by atoms with E-state index in [1.807, 2.05) is 54.7 Å². The summed E-state index contributed by atoms with van der Waals surface area (Å²) in [5, 5.41) is 6.43. The van der Waals surface area contributed by atoms with Crippen LogP contribution in [0.2, 0.25) is 0 Å². The van der Waals surface area contributed by atoms with E-state index in [-0.39, 0.29) is 6.03 Å². The molecule has 1 atom stereocenters. The lowest BCUT2D eigenvalue weighted by molar-refractivity contribution is -0.136. The highest BCUT2D eigenvalue weighted by atomic mass is 16.5. The second kappa shape index (κ2) is 8.98. The summed E-state index contributed by atoms with van der Waals surface area (Å²) in [4.78, 5) is 32.5. The molecule has 35 heavy (non-hydrogen) atoms. The van der Waals surface area contributed by atoms with Gasteiger partial charge in [-0.2, -0.15) is 0 Å². The number of pyridine rings is 1. The van der Waals surface area contributed by atoms with Gasteiger partial charge in [0.15, 0.2) is 0 Å². The molecule has 8 nitrogen and oxygen atoms in total. The monoisotopic (exact) mass is 468 g/mol. The number of urea groups is 1. The highest BCUT2D eigenvalue weighted by Gasteiger charge is 2.32.